The van der Waals surface area contributed by atoms with Crippen LogP contribution in [0, 0.1) is 0 Å². The molecule has 0 aliphatic rings. The molecule has 2 heteroatoms. The fourth-order valence-electron chi connectivity index (χ4n) is 1.69. The molecule has 0 aliphatic carbocycles. The van der Waals surface area contributed by atoms with Crippen molar-refractivity contribution in [2.24, 2.45) is 0 Å². The molecule has 1 rings (SSSR count). The topological polar surface area (TPSA) is 20.3 Å². The maximum Gasteiger partial charge on any atom is 0.131 e. The lowest BCUT2D eigenvalue weighted by Crippen LogP contribution is -2.38. The predicted octanol–water partition coefficient (Wildman–Crippen LogP) is 2.09. The van der Waals surface area contributed by atoms with Gasteiger partial charge in [0.05, 0.1) is 5.41 Å². The van der Waals surface area contributed by atoms with Crippen molar-refractivity contribution in [1.29, 1.82) is 0 Å². The Morgan fingerprint density at radius 1 is 1.33 bits per heavy atom. The first-order chi connectivity index (χ1) is 7.12. The number of nitrogens with zero attached hydrogens (tertiary/aromatic N) is 1. The second kappa shape index (κ2) is 5.08. The summed E-state index contributed by atoms with van der Waals surface area (Å²) in [6.07, 6.45) is 1.05. The Morgan fingerprint density at radius 2 is 1.93 bits per heavy atom. The van der Waals surface area contributed by atoms with E-state index in [0.717, 1.165) is 24.9 Å². The molecule has 2 nitrogen and oxygen atoms in total. The molecule has 15 heavy (non-hydrogen) atoms. The Kier molecular flexibility index (Phi) is 4.04. The van der Waals surface area contributed by atoms with Gasteiger partial charge in [0.2, 0.25) is 0 Å². The monoisotopic (exact) mass is 205 g/mol. The summed E-state index contributed by atoms with van der Waals surface area (Å²) >= 11 is 0. The minimum absolute atomic E-state index is 0.397. The Bertz CT molecular complexity index is 310. The van der Waals surface area contributed by atoms with E-state index < -0.39 is 5.41 Å². The Balaban J connectivity index is 2.90. The fourth-order valence-corrected chi connectivity index (χ4v) is 1.69. The van der Waals surface area contributed by atoms with Crippen molar-refractivity contribution in [2.45, 2.75) is 19.3 Å². The number of aldehydes is 1. The maximum atomic E-state index is 11.3. The Hall–Kier alpha value is -1.15. The molecule has 82 valence electrons. The second-order valence-corrected chi connectivity index (χ2v) is 4.23. The largest absolute Gasteiger partial charge is 0.305 e. The molecule has 0 radical (unpaired) electrons. The summed E-state index contributed by atoms with van der Waals surface area (Å²) < 4.78 is 0. The molecular weight excluding hydrogens is 186 g/mol. The van der Waals surface area contributed by atoms with Gasteiger partial charge in [-0.1, -0.05) is 37.3 Å². The average molecular weight is 205 g/mol. The lowest BCUT2D eigenvalue weighted by molar-refractivity contribution is -0.112. The highest BCUT2D eigenvalue weighted by Gasteiger charge is 2.26. The molecule has 0 N–H and O–H groups in total. The van der Waals surface area contributed by atoms with Gasteiger partial charge in [-0.25, -0.2) is 0 Å². The highest BCUT2D eigenvalue weighted by Crippen LogP contribution is 2.21. The quantitative estimate of drug-likeness (QED) is 0.686. The number of likely N-dealkylation sites (N-methyl/N-ethyl adjacent to an activating group) is 1. The minimum atomic E-state index is -0.397. The van der Waals surface area contributed by atoms with Crippen LogP contribution in [0.4, 0.5) is 0 Å². The first kappa shape index (κ1) is 11.9. The molecule has 1 aromatic carbocycles. The van der Waals surface area contributed by atoms with Crippen molar-refractivity contribution >= 4 is 6.29 Å². The third-order valence-corrected chi connectivity index (χ3v) is 2.83. The standard InChI is InChI=1S/C13H19NO/c1-4-14(3)10-13(2,11-15)12-8-6-5-7-9-12/h5-9,11H,4,10H2,1-3H3. The fraction of sp³-hybridized carbons (Fsp3) is 0.462. The Morgan fingerprint density at radius 3 is 2.40 bits per heavy atom. The average Bonchev–Trinajstić information content (AvgIpc) is 2.30. The van der Waals surface area contributed by atoms with Crippen LogP contribution in [0.5, 0.6) is 0 Å². The van der Waals surface area contributed by atoms with Gasteiger partial charge >= 0.3 is 0 Å². The van der Waals surface area contributed by atoms with Crippen molar-refractivity contribution in [2.75, 3.05) is 20.1 Å². The van der Waals surface area contributed by atoms with Crippen LogP contribution in [-0.2, 0) is 10.2 Å². The van der Waals surface area contributed by atoms with Gasteiger partial charge in [0, 0.05) is 6.54 Å². The summed E-state index contributed by atoms with van der Waals surface area (Å²) in [5.74, 6) is 0. The number of hydrogen-bond acceptors (Lipinski definition) is 2. The molecular formula is C13H19NO. The number of benzene rings is 1. The molecule has 0 spiro atoms. The van der Waals surface area contributed by atoms with E-state index in [9.17, 15) is 4.79 Å². The predicted molar refractivity (Wildman–Crippen MR) is 63.0 cm³/mol. The molecule has 1 unspecified atom stereocenters. The van der Waals surface area contributed by atoms with Crippen molar-refractivity contribution in [3.8, 4) is 0 Å². The van der Waals surface area contributed by atoms with E-state index in [1.807, 2.05) is 44.3 Å². The van der Waals surface area contributed by atoms with Crippen molar-refractivity contribution in [1.82, 2.24) is 4.90 Å². The van der Waals surface area contributed by atoms with Gasteiger partial charge in [0.1, 0.15) is 6.29 Å². The van der Waals surface area contributed by atoms with Gasteiger partial charge in [-0.05, 0) is 26.1 Å². The van der Waals surface area contributed by atoms with Crippen LogP contribution >= 0.6 is 0 Å². The molecule has 0 saturated carbocycles. The zero-order chi connectivity index (χ0) is 11.3. The molecule has 0 aliphatic heterocycles. The third kappa shape index (κ3) is 2.90. The number of rotatable bonds is 5. The van der Waals surface area contributed by atoms with Gasteiger partial charge in [-0.15, -0.1) is 0 Å². The molecule has 0 fully saturated rings. The van der Waals surface area contributed by atoms with E-state index in [1.165, 1.54) is 0 Å². The van der Waals surface area contributed by atoms with E-state index in [0.29, 0.717) is 0 Å². The summed E-state index contributed by atoms with van der Waals surface area (Å²) in [7, 11) is 2.03. The first-order valence-corrected chi connectivity index (χ1v) is 5.33. The zero-order valence-corrected chi connectivity index (χ0v) is 9.73. The molecule has 1 atom stereocenters. The van der Waals surface area contributed by atoms with Crippen molar-refractivity contribution in [3.05, 3.63) is 35.9 Å². The summed E-state index contributed by atoms with van der Waals surface area (Å²) in [5.41, 5.74) is 0.687. The molecule has 0 amide bonds. The van der Waals surface area contributed by atoms with Gasteiger partial charge in [0.25, 0.3) is 0 Å². The zero-order valence-electron chi connectivity index (χ0n) is 9.73. The number of carbonyl (C=O) groups excluding carboxylic acids is 1. The second-order valence-electron chi connectivity index (χ2n) is 4.23. The summed E-state index contributed by atoms with van der Waals surface area (Å²) in [6.45, 7) is 5.80. The molecule has 1 aromatic rings. The molecule has 0 heterocycles. The van der Waals surface area contributed by atoms with Crippen molar-refractivity contribution < 1.29 is 4.79 Å². The Labute approximate surface area is 91.9 Å². The van der Waals surface area contributed by atoms with Gasteiger partial charge in [-0.2, -0.15) is 0 Å². The van der Waals surface area contributed by atoms with Crippen LogP contribution in [0.25, 0.3) is 0 Å². The number of hydrogen-bond donors (Lipinski definition) is 0. The lowest BCUT2D eigenvalue weighted by atomic mass is 9.83. The van der Waals surface area contributed by atoms with Crippen molar-refractivity contribution in [3.63, 3.8) is 0 Å². The first-order valence-electron chi connectivity index (χ1n) is 5.33. The van der Waals surface area contributed by atoms with Crippen LogP contribution in [0.1, 0.15) is 19.4 Å². The number of carbonyl (C=O) groups is 1. The van der Waals surface area contributed by atoms with E-state index in [4.69, 9.17) is 0 Å². The van der Waals surface area contributed by atoms with E-state index in [1.54, 1.807) is 0 Å². The highest BCUT2D eigenvalue weighted by atomic mass is 16.1. The molecule has 0 bridgehead atoms. The van der Waals surface area contributed by atoms with E-state index in [-0.39, 0.29) is 0 Å². The van der Waals surface area contributed by atoms with Gasteiger partial charge in [0.15, 0.2) is 0 Å². The molecule has 0 aromatic heterocycles. The smallest absolute Gasteiger partial charge is 0.131 e. The minimum Gasteiger partial charge on any atom is -0.305 e. The van der Waals surface area contributed by atoms with E-state index >= 15 is 0 Å². The normalized spacial score (nSPS) is 14.9. The van der Waals surface area contributed by atoms with Crippen LogP contribution in [0.2, 0.25) is 0 Å². The maximum absolute atomic E-state index is 11.3. The van der Waals surface area contributed by atoms with E-state index in [2.05, 4.69) is 11.8 Å². The van der Waals surface area contributed by atoms with Crippen LogP contribution in [0.3, 0.4) is 0 Å². The summed E-state index contributed by atoms with van der Waals surface area (Å²) in [5, 5.41) is 0. The summed E-state index contributed by atoms with van der Waals surface area (Å²) in [6, 6.07) is 9.94. The molecule has 0 saturated heterocycles. The SMILES string of the molecule is CCN(C)CC(C)(C=O)c1ccccc1. The third-order valence-electron chi connectivity index (χ3n) is 2.83. The van der Waals surface area contributed by atoms with Crippen LogP contribution in [-0.4, -0.2) is 31.3 Å². The van der Waals surface area contributed by atoms with Crippen LogP contribution in [0.15, 0.2) is 30.3 Å². The lowest BCUT2D eigenvalue weighted by Gasteiger charge is -2.28. The van der Waals surface area contributed by atoms with Gasteiger partial charge < -0.3 is 9.69 Å². The highest BCUT2D eigenvalue weighted by molar-refractivity contribution is 5.68. The van der Waals surface area contributed by atoms with Crippen LogP contribution < -0.4 is 0 Å². The van der Waals surface area contributed by atoms with Gasteiger partial charge in [-0.3, -0.25) is 0 Å². The summed E-state index contributed by atoms with van der Waals surface area (Å²) in [4.78, 5) is 13.4.